The summed E-state index contributed by atoms with van der Waals surface area (Å²) in [4.78, 5) is 2.48. The fraction of sp³-hybridized carbons (Fsp3) is 0.158. The van der Waals surface area contributed by atoms with Crippen molar-refractivity contribution in [2.75, 3.05) is 11.4 Å². The van der Waals surface area contributed by atoms with E-state index in [9.17, 15) is 8.42 Å². The van der Waals surface area contributed by atoms with Gasteiger partial charge in [-0.2, -0.15) is 0 Å². The zero-order chi connectivity index (χ0) is 16.7. The predicted molar refractivity (Wildman–Crippen MR) is 96.5 cm³/mol. The van der Waals surface area contributed by atoms with Crippen molar-refractivity contribution in [3.05, 3.63) is 71.8 Å². The molecule has 0 amide bonds. The standard InChI is InChI=1S/C19H18N2O2S/c20-24(22,23)17-8-9-19-15(12-17)10-11-21(19)13-16-6-3-5-14-4-1-2-7-18(14)16/h1-9,12H,10-11,13H2,(H2,20,22,23). The first kappa shape index (κ1) is 15.2. The Morgan fingerprint density at radius 2 is 1.79 bits per heavy atom. The number of sulfonamides is 1. The van der Waals surface area contributed by atoms with E-state index < -0.39 is 10.0 Å². The minimum Gasteiger partial charge on any atom is -0.367 e. The van der Waals surface area contributed by atoms with Gasteiger partial charge in [0.15, 0.2) is 0 Å². The molecule has 0 radical (unpaired) electrons. The van der Waals surface area contributed by atoms with E-state index in [1.807, 2.05) is 12.1 Å². The van der Waals surface area contributed by atoms with Crippen LogP contribution >= 0.6 is 0 Å². The number of hydrogen-bond donors (Lipinski definition) is 1. The van der Waals surface area contributed by atoms with Crippen LogP contribution in [0.15, 0.2) is 65.6 Å². The Hall–Kier alpha value is -2.37. The van der Waals surface area contributed by atoms with E-state index in [0.717, 1.165) is 30.8 Å². The highest BCUT2D eigenvalue weighted by Gasteiger charge is 2.21. The predicted octanol–water partition coefficient (Wildman–Crippen LogP) is 3.05. The van der Waals surface area contributed by atoms with Gasteiger partial charge >= 0.3 is 0 Å². The number of hydrogen-bond acceptors (Lipinski definition) is 3. The van der Waals surface area contributed by atoms with E-state index in [-0.39, 0.29) is 4.90 Å². The summed E-state index contributed by atoms with van der Waals surface area (Å²) in [7, 11) is -3.65. The number of nitrogens with two attached hydrogens (primary N) is 1. The maximum absolute atomic E-state index is 11.5. The second kappa shape index (κ2) is 5.61. The average molecular weight is 338 g/mol. The highest BCUT2D eigenvalue weighted by Crippen LogP contribution is 2.32. The quantitative estimate of drug-likeness (QED) is 0.798. The van der Waals surface area contributed by atoms with Crippen molar-refractivity contribution in [1.82, 2.24) is 0 Å². The van der Waals surface area contributed by atoms with Gasteiger partial charge in [-0.05, 0) is 46.5 Å². The molecule has 2 N–H and O–H groups in total. The number of benzene rings is 3. The monoisotopic (exact) mass is 338 g/mol. The van der Waals surface area contributed by atoms with Crippen molar-refractivity contribution in [3.8, 4) is 0 Å². The van der Waals surface area contributed by atoms with Crippen molar-refractivity contribution in [2.45, 2.75) is 17.9 Å². The summed E-state index contributed by atoms with van der Waals surface area (Å²) in [6, 6.07) is 19.9. The summed E-state index contributed by atoms with van der Waals surface area (Å²) in [6.07, 6.45) is 0.837. The molecule has 0 aliphatic carbocycles. The van der Waals surface area contributed by atoms with E-state index >= 15 is 0 Å². The van der Waals surface area contributed by atoms with Gasteiger partial charge in [0, 0.05) is 18.8 Å². The van der Waals surface area contributed by atoms with Crippen molar-refractivity contribution >= 4 is 26.5 Å². The fourth-order valence-electron chi connectivity index (χ4n) is 3.42. The molecule has 0 saturated heterocycles. The van der Waals surface area contributed by atoms with E-state index in [1.165, 1.54) is 16.3 Å². The largest absolute Gasteiger partial charge is 0.367 e. The van der Waals surface area contributed by atoms with Gasteiger partial charge in [-0.15, -0.1) is 0 Å². The molecule has 0 fully saturated rings. The van der Waals surface area contributed by atoms with Crippen molar-refractivity contribution < 1.29 is 8.42 Å². The second-order valence-electron chi connectivity index (χ2n) is 6.15. The third-order valence-corrected chi connectivity index (χ3v) is 5.52. The van der Waals surface area contributed by atoms with Gasteiger partial charge in [0.05, 0.1) is 4.90 Å². The Bertz CT molecular complexity index is 1020. The Balaban J connectivity index is 1.69. The van der Waals surface area contributed by atoms with Crippen LogP contribution in [-0.4, -0.2) is 15.0 Å². The molecule has 1 heterocycles. The summed E-state index contributed by atoms with van der Waals surface area (Å²) in [5.74, 6) is 0. The lowest BCUT2D eigenvalue weighted by atomic mass is 10.0. The van der Waals surface area contributed by atoms with Crippen LogP contribution < -0.4 is 10.0 Å². The van der Waals surface area contributed by atoms with Crippen LogP contribution in [0.1, 0.15) is 11.1 Å². The third-order valence-electron chi connectivity index (χ3n) is 4.61. The Labute approximate surface area is 141 Å². The molecule has 0 atom stereocenters. The number of fused-ring (bicyclic) bond motifs is 2. The molecule has 0 bridgehead atoms. The van der Waals surface area contributed by atoms with Crippen LogP contribution in [0, 0.1) is 0 Å². The lowest BCUT2D eigenvalue weighted by Crippen LogP contribution is -2.19. The summed E-state index contributed by atoms with van der Waals surface area (Å²) < 4.78 is 23.0. The van der Waals surface area contributed by atoms with E-state index in [2.05, 4.69) is 41.3 Å². The van der Waals surface area contributed by atoms with Gasteiger partial charge in [-0.1, -0.05) is 42.5 Å². The molecule has 1 aliphatic heterocycles. The highest BCUT2D eigenvalue weighted by atomic mass is 32.2. The van der Waals surface area contributed by atoms with Crippen molar-refractivity contribution in [2.24, 2.45) is 5.14 Å². The second-order valence-corrected chi connectivity index (χ2v) is 7.71. The minimum atomic E-state index is -3.65. The normalized spacial score (nSPS) is 14.1. The molecule has 122 valence electrons. The van der Waals surface area contributed by atoms with Crippen LogP contribution in [-0.2, 0) is 23.0 Å². The van der Waals surface area contributed by atoms with Crippen LogP contribution in [0.3, 0.4) is 0 Å². The van der Waals surface area contributed by atoms with Crippen LogP contribution in [0.5, 0.6) is 0 Å². The van der Waals surface area contributed by atoms with Gasteiger partial charge in [0.25, 0.3) is 0 Å². The van der Waals surface area contributed by atoms with Crippen molar-refractivity contribution in [3.63, 3.8) is 0 Å². The SMILES string of the molecule is NS(=O)(=O)c1ccc2c(c1)CCN2Cc1cccc2ccccc12. The zero-order valence-corrected chi connectivity index (χ0v) is 14.0. The molecule has 1 aliphatic rings. The summed E-state index contributed by atoms with van der Waals surface area (Å²) in [5, 5.41) is 7.72. The lowest BCUT2D eigenvalue weighted by molar-refractivity contribution is 0.597. The molecule has 4 rings (SSSR count). The average Bonchev–Trinajstić information content (AvgIpc) is 2.97. The molecule has 3 aromatic carbocycles. The number of primary sulfonamides is 1. The van der Waals surface area contributed by atoms with Crippen LogP contribution in [0.25, 0.3) is 10.8 Å². The molecular weight excluding hydrogens is 320 g/mol. The van der Waals surface area contributed by atoms with Gasteiger partial charge in [0.1, 0.15) is 0 Å². The molecule has 0 unspecified atom stereocenters. The van der Waals surface area contributed by atoms with E-state index in [1.54, 1.807) is 12.1 Å². The number of nitrogens with zero attached hydrogens (tertiary/aromatic N) is 1. The molecule has 0 spiro atoms. The Morgan fingerprint density at radius 1 is 1.00 bits per heavy atom. The molecule has 0 aromatic heterocycles. The van der Waals surface area contributed by atoms with Crippen molar-refractivity contribution in [1.29, 1.82) is 0 Å². The highest BCUT2D eigenvalue weighted by molar-refractivity contribution is 7.89. The van der Waals surface area contributed by atoms with Gasteiger partial charge in [0.2, 0.25) is 10.0 Å². The Morgan fingerprint density at radius 3 is 2.62 bits per heavy atom. The fourth-order valence-corrected chi connectivity index (χ4v) is 3.99. The number of rotatable bonds is 3. The van der Waals surface area contributed by atoms with Crippen LogP contribution in [0.4, 0.5) is 5.69 Å². The molecule has 0 saturated carbocycles. The first-order valence-electron chi connectivity index (χ1n) is 7.90. The topological polar surface area (TPSA) is 63.4 Å². The molecule has 3 aromatic rings. The van der Waals surface area contributed by atoms with Gasteiger partial charge in [-0.25, -0.2) is 13.6 Å². The summed E-state index contributed by atoms with van der Waals surface area (Å²) in [5.41, 5.74) is 3.41. The first-order valence-corrected chi connectivity index (χ1v) is 9.44. The maximum Gasteiger partial charge on any atom is 0.238 e. The minimum absolute atomic E-state index is 0.188. The number of anilines is 1. The first-order chi connectivity index (χ1) is 11.5. The molecular formula is C19H18N2O2S. The molecule has 24 heavy (non-hydrogen) atoms. The lowest BCUT2D eigenvalue weighted by Gasteiger charge is -2.20. The van der Waals surface area contributed by atoms with Gasteiger partial charge < -0.3 is 4.90 Å². The molecule has 5 heteroatoms. The summed E-state index contributed by atoms with van der Waals surface area (Å²) in [6.45, 7) is 1.69. The van der Waals surface area contributed by atoms with E-state index in [0.29, 0.717) is 0 Å². The van der Waals surface area contributed by atoms with Gasteiger partial charge in [-0.3, -0.25) is 0 Å². The summed E-state index contributed by atoms with van der Waals surface area (Å²) >= 11 is 0. The Kier molecular flexibility index (Phi) is 3.55. The third kappa shape index (κ3) is 2.66. The van der Waals surface area contributed by atoms with E-state index in [4.69, 9.17) is 5.14 Å². The smallest absolute Gasteiger partial charge is 0.238 e. The zero-order valence-electron chi connectivity index (χ0n) is 13.1. The molecule has 4 nitrogen and oxygen atoms in total. The maximum atomic E-state index is 11.5. The van der Waals surface area contributed by atoms with Crippen LogP contribution in [0.2, 0.25) is 0 Å².